The van der Waals surface area contributed by atoms with Crippen molar-refractivity contribution in [3.8, 4) is 16.2 Å². The highest BCUT2D eigenvalue weighted by atomic mass is 35.5. The molecule has 20 heteroatoms. The van der Waals surface area contributed by atoms with Gasteiger partial charge in [-0.2, -0.15) is 4.31 Å². The van der Waals surface area contributed by atoms with Gasteiger partial charge in [-0.15, -0.1) is 11.3 Å². The van der Waals surface area contributed by atoms with E-state index in [4.69, 9.17) is 21.4 Å². The summed E-state index contributed by atoms with van der Waals surface area (Å²) in [5.74, 6) is -4.06. The zero-order valence-corrected chi connectivity index (χ0v) is 41.8. The van der Waals surface area contributed by atoms with Crippen LogP contribution >= 0.6 is 22.9 Å². The number of halogens is 1. The van der Waals surface area contributed by atoms with Gasteiger partial charge in [-0.3, -0.25) is 24.6 Å². The van der Waals surface area contributed by atoms with Crippen LogP contribution < -0.4 is 25.6 Å². The number of carboxylic acid groups (broad SMARTS) is 2. The lowest BCUT2D eigenvalue weighted by Crippen LogP contribution is -2.64. The van der Waals surface area contributed by atoms with Crippen LogP contribution in [-0.2, 0) is 30.2 Å². The molecule has 5 heterocycles. The Labute approximate surface area is 419 Å². The van der Waals surface area contributed by atoms with Crippen LogP contribution in [0.5, 0.6) is 5.75 Å². The number of hydrogen-bond donors (Lipinski definition) is 5. The molecule has 5 amide bonds. The first kappa shape index (κ1) is 49.4. The molecule has 1 atom stereocenters. The highest BCUT2D eigenvalue weighted by Crippen LogP contribution is 2.48. The zero-order valence-electron chi connectivity index (χ0n) is 39.4. The van der Waals surface area contributed by atoms with E-state index in [0.717, 1.165) is 27.7 Å². The minimum Gasteiger partial charge on any atom is -0.479 e. The van der Waals surface area contributed by atoms with Gasteiger partial charge < -0.3 is 30.5 Å². The van der Waals surface area contributed by atoms with Gasteiger partial charge in [0.1, 0.15) is 11.1 Å². The molecular weight excluding hydrogens is 972 g/mol. The number of hydrogen-bond acceptors (Lipinski definition) is 11. The Kier molecular flexibility index (Phi) is 13.2. The summed E-state index contributed by atoms with van der Waals surface area (Å²) in [7, 11) is -3.93. The maximum absolute atomic E-state index is 14.5. The number of benzene rings is 4. The van der Waals surface area contributed by atoms with Crippen LogP contribution in [0.1, 0.15) is 103 Å². The number of urea groups is 1. The molecule has 1 aromatic heterocycles. The van der Waals surface area contributed by atoms with Gasteiger partial charge in [0.25, 0.3) is 5.91 Å². The molecule has 0 bridgehead atoms. The zero-order chi connectivity index (χ0) is 50.7. The first-order valence-electron chi connectivity index (χ1n) is 23.3. The molecule has 5 N–H and O–H groups in total. The van der Waals surface area contributed by atoms with Crippen LogP contribution in [0.3, 0.4) is 0 Å². The van der Waals surface area contributed by atoms with Crippen molar-refractivity contribution in [3.05, 3.63) is 105 Å². The minimum absolute atomic E-state index is 0.00698. The third-order valence-corrected chi connectivity index (χ3v) is 17.7. The van der Waals surface area contributed by atoms with Crippen molar-refractivity contribution in [1.29, 1.82) is 0 Å². The lowest BCUT2D eigenvalue weighted by Gasteiger charge is -2.54. The van der Waals surface area contributed by atoms with Crippen LogP contribution in [0.25, 0.3) is 21.2 Å². The van der Waals surface area contributed by atoms with E-state index in [9.17, 15) is 42.3 Å². The van der Waals surface area contributed by atoms with Gasteiger partial charge in [0.2, 0.25) is 21.8 Å². The lowest BCUT2D eigenvalue weighted by atomic mass is 9.79. The Morgan fingerprint density at radius 3 is 2.27 bits per heavy atom. The van der Waals surface area contributed by atoms with Crippen LogP contribution in [0.15, 0.2) is 78.9 Å². The fraction of sp³-hybridized carbons (Fsp3) is 0.373. The Balaban J connectivity index is 0.828. The van der Waals surface area contributed by atoms with E-state index in [-0.39, 0.29) is 64.0 Å². The van der Waals surface area contributed by atoms with Gasteiger partial charge >= 0.3 is 18.0 Å². The van der Waals surface area contributed by atoms with Gasteiger partial charge in [0.15, 0.2) is 17.2 Å². The molecule has 5 aromatic rings. The van der Waals surface area contributed by atoms with Gasteiger partial charge in [-0.1, -0.05) is 54.1 Å². The Bertz CT molecular complexity index is 3130. The number of sulfonamides is 1. The highest BCUT2D eigenvalue weighted by Gasteiger charge is 2.51. The van der Waals surface area contributed by atoms with Gasteiger partial charge in [-0.25, -0.2) is 22.8 Å². The van der Waals surface area contributed by atoms with Crippen LogP contribution in [0, 0.1) is 0 Å². The van der Waals surface area contributed by atoms with E-state index in [1.54, 1.807) is 51.7 Å². The van der Waals surface area contributed by atoms with Crippen molar-refractivity contribution in [2.75, 3.05) is 35.2 Å². The summed E-state index contributed by atoms with van der Waals surface area (Å²) in [6, 6.07) is 22.3. The number of amides is 5. The van der Waals surface area contributed by atoms with Crippen molar-refractivity contribution in [3.63, 3.8) is 0 Å². The maximum Gasteiger partial charge on any atom is 0.349 e. The molecule has 0 spiro atoms. The van der Waals surface area contributed by atoms with Crippen LogP contribution in [-0.4, -0.2) is 106 Å². The topological polar surface area (TPSA) is 232 Å². The van der Waals surface area contributed by atoms with E-state index < -0.39 is 51.6 Å². The third kappa shape index (κ3) is 9.67. The number of imide groups is 1. The second-order valence-electron chi connectivity index (χ2n) is 19.8. The number of aliphatic carboxylic acids is 1. The lowest BCUT2D eigenvalue weighted by molar-refractivity contribution is -0.139. The first-order valence-corrected chi connectivity index (χ1v) is 26.1. The number of piperidine rings is 3. The summed E-state index contributed by atoms with van der Waals surface area (Å²) in [6.07, 6.45) is 2.66. The van der Waals surface area contributed by atoms with Crippen LogP contribution in [0.2, 0.25) is 5.02 Å². The number of thiophene rings is 1. The number of carboxylic acids is 2. The largest absolute Gasteiger partial charge is 0.479 e. The first-order chi connectivity index (χ1) is 33.6. The number of nitrogens with one attached hydrogen (secondary N) is 3. The van der Waals surface area contributed by atoms with Crippen molar-refractivity contribution < 1.29 is 52.1 Å². The molecule has 3 fully saturated rings. The number of anilines is 3. The maximum atomic E-state index is 14.5. The Morgan fingerprint density at radius 2 is 1.58 bits per heavy atom. The second-order valence-corrected chi connectivity index (χ2v) is 23.0. The summed E-state index contributed by atoms with van der Waals surface area (Å²) in [5, 5.41) is 29.5. The molecule has 71 heavy (non-hydrogen) atoms. The predicted octanol–water partition coefficient (Wildman–Crippen LogP) is 8.52. The molecule has 17 nitrogen and oxygen atoms in total. The summed E-state index contributed by atoms with van der Waals surface area (Å²) in [4.78, 5) is 78.6. The number of carbonyl (C=O) groups excluding carboxylic acids is 4. The molecule has 4 aromatic carbocycles. The van der Waals surface area contributed by atoms with Gasteiger partial charge in [-0.05, 0) is 124 Å². The summed E-state index contributed by atoms with van der Waals surface area (Å²) in [6.45, 7) is 7.79. The molecule has 0 saturated carbocycles. The molecule has 372 valence electrons. The Morgan fingerprint density at radius 1 is 0.887 bits per heavy atom. The summed E-state index contributed by atoms with van der Waals surface area (Å²) < 4.78 is 35.8. The molecule has 9 rings (SSSR count). The van der Waals surface area contributed by atoms with E-state index >= 15 is 0 Å². The van der Waals surface area contributed by atoms with E-state index in [0.29, 0.717) is 77.4 Å². The predicted molar refractivity (Wildman–Crippen MR) is 270 cm³/mol. The van der Waals surface area contributed by atoms with E-state index in [2.05, 4.69) is 16.0 Å². The fourth-order valence-corrected chi connectivity index (χ4v) is 15.1. The molecule has 1 unspecified atom stereocenters. The highest BCUT2D eigenvalue weighted by molar-refractivity contribution is 7.88. The SMILES string of the molecule is CC1(C)CC(Nc2cccc(-c3sc(C(=O)O)c(OCC(=O)O)c3Cl)c2)CC(C)(C)N1S(=O)(=O)Cc1cccc(NC(=O)N2CCC(c3ccc4c5c(cccc35)C(=O)N4C3CCC(=O)NC3=O)CC2)c1. The average Bonchev–Trinajstić information content (AvgIpc) is 3.78. The molecule has 3 saturated heterocycles. The molecule has 0 radical (unpaired) electrons. The van der Waals surface area contributed by atoms with Crippen molar-refractivity contribution in [2.24, 2.45) is 0 Å². The molecular formula is C51H53ClN6O11S2. The smallest absolute Gasteiger partial charge is 0.349 e. The Hall–Kier alpha value is -6.54. The van der Waals surface area contributed by atoms with Crippen molar-refractivity contribution in [2.45, 2.75) is 101 Å². The number of ether oxygens (including phenoxy) is 1. The molecule has 4 aliphatic rings. The number of nitrogens with zero attached hydrogens (tertiary/aromatic N) is 3. The monoisotopic (exact) mass is 1020 g/mol. The van der Waals surface area contributed by atoms with Gasteiger partial charge in [0, 0.05) is 59.0 Å². The van der Waals surface area contributed by atoms with Crippen molar-refractivity contribution in [1.82, 2.24) is 14.5 Å². The van der Waals surface area contributed by atoms with Gasteiger partial charge in [0.05, 0.1) is 16.3 Å². The summed E-state index contributed by atoms with van der Waals surface area (Å²) >= 11 is 7.44. The number of carbonyl (C=O) groups is 6. The number of rotatable bonds is 13. The second kappa shape index (κ2) is 18.9. The average molecular weight is 1030 g/mol. The normalized spacial score (nSPS) is 19.5. The quantitative estimate of drug-likeness (QED) is 0.0699. The minimum atomic E-state index is -3.93. The number of aromatic carboxylic acids is 1. The van der Waals surface area contributed by atoms with Crippen molar-refractivity contribution >= 4 is 96.5 Å². The number of likely N-dealkylation sites (tertiary alicyclic amines) is 1. The molecule has 4 aliphatic heterocycles. The van der Waals surface area contributed by atoms with Crippen LogP contribution in [0.4, 0.5) is 21.9 Å². The van der Waals surface area contributed by atoms with E-state index in [1.807, 2.05) is 64.1 Å². The molecule has 0 aliphatic carbocycles. The fourth-order valence-electron chi connectivity index (χ4n) is 11.3. The standard InChI is InChI=1S/C51H53ClN6O11S2/c1-50(2)24-33(53-32-11-6-9-30(23-32)44-42(52)43(69-26-40(60)61)45(70-44)48(64)65)25-51(3,4)58(50)71(67,68)27-28-8-5-10-31(22-28)54-49(66)56-20-18-29(19-21-56)34-14-15-37-41-35(34)12-7-13-36(41)47(63)57(37)38-16-17-39(59)55-46(38)62/h5-15,22-23,29,33,38,53H,16-21,24-27H2,1-4H3,(H,54,66)(H,60,61)(H,64,65)(H,55,59,62). The third-order valence-electron chi connectivity index (χ3n) is 13.7. The van der Waals surface area contributed by atoms with E-state index in [1.165, 1.54) is 4.90 Å². The summed E-state index contributed by atoms with van der Waals surface area (Å²) in [5.41, 5.74) is 2.85.